The number of rotatable bonds is 4. The monoisotopic (exact) mass is 322 g/mol. The molecule has 0 atom stereocenters. The number of nitrogens with two attached hydrogens (primary N) is 1. The van der Waals surface area contributed by atoms with Crippen molar-refractivity contribution in [1.82, 2.24) is 4.98 Å². The second kappa shape index (κ2) is 6.64. The molecule has 0 saturated carbocycles. The second-order valence-corrected chi connectivity index (χ2v) is 6.36. The molecule has 1 saturated heterocycles. The molecular weight excluding hydrogens is 304 g/mol. The first-order valence-electron chi connectivity index (χ1n) is 7.16. The molecule has 3 rings (SSSR count). The number of thiazole rings is 1. The first kappa shape index (κ1) is 14.6. The molecule has 1 aromatic carbocycles. The van der Waals surface area contributed by atoms with E-state index in [2.05, 4.69) is 20.9 Å². The summed E-state index contributed by atoms with van der Waals surface area (Å²) in [7, 11) is 0. The summed E-state index contributed by atoms with van der Waals surface area (Å²) in [4.78, 5) is 9.09. The van der Waals surface area contributed by atoms with E-state index in [1.54, 1.807) is 11.3 Å². The van der Waals surface area contributed by atoms with E-state index in [4.69, 9.17) is 17.3 Å². The number of benzene rings is 1. The Labute approximate surface area is 134 Å². The van der Waals surface area contributed by atoms with Gasteiger partial charge in [0.1, 0.15) is 0 Å². The third-order valence-corrected chi connectivity index (χ3v) is 4.91. The van der Waals surface area contributed by atoms with Gasteiger partial charge in [0, 0.05) is 37.8 Å². The van der Waals surface area contributed by atoms with Crippen LogP contribution in [0.15, 0.2) is 29.8 Å². The Bertz CT molecular complexity index is 579. The number of nitrogens with zero attached hydrogens (tertiary/aromatic N) is 3. The highest BCUT2D eigenvalue weighted by Crippen LogP contribution is 2.31. The quantitative estimate of drug-likeness (QED) is 0.940. The Morgan fingerprint density at radius 1 is 1.19 bits per heavy atom. The fourth-order valence-corrected chi connectivity index (χ4v) is 3.78. The van der Waals surface area contributed by atoms with E-state index < -0.39 is 0 Å². The van der Waals surface area contributed by atoms with E-state index in [9.17, 15) is 0 Å². The number of hydrogen-bond donors (Lipinski definition) is 1. The van der Waals surface area contributed by atoms with Crippen molar-refractivity contribution in [3.05, 3.63) is 40.4 Å². The summed E-state index contributed by atoms with van der Waals surface area (Å²) >= 11 is 8.12. The molecule has 0 aliphatic carbocycles. The highest BCUT2D eigenvalue weighted by Gasteiger charge is 2.22. The number of aromatic nitrogens is 1. The van der Waals surface area contributed by atoms with Crippen molar-refractivity contribution >= 4 is 33.8 Å². The SMILES string of the molecule is NCCc1cccc(Cl)c1N1CCN(c2nccs2)CC1. The van der Waals surface area contributed by atoms with Crippen LogP contribution < -0.4 is 15.5 Å². The lowest BCUT2D eigenvalue weighted by Gasteiger charge is -2.37. The smallest absolute Gasteiger partial charge is 0.185 e. The van der Waals surface area contributed by atoms with Gasteiger partial charge in [-0.25, -0.2) is 4.98 Å². The van der Waals surface area contributed by atoms with Crippen LogP contribution in [0.2, 0.25) is 5.02 Å². The minimum atomic E-state index is 0.645. The third kappa shape index (κ3) is 3.15. The maximum Gasteiger partial charge on any atom is 0.185 e. The summed E-state index contributed by atoms with van der Waals surface area (Å²) < 4.78 is 0. The van der Waals surface area contributed by atoms with Crippen LogP contribution in [-0.2, 0) is 6.42 Å². The molecule has 1 aliphatic rings. The van der Waals surface area contributed by atoms with Crippen molar-refractivity contribution in [2.75, 3.05) is 42.5 Å². The molecule has 6 heteroatoms. The fourth-order valence-electron chi connectivity index (χ4n) is 2.76. The van der Waals surface area contributed by atoms with Crippen LogP contribution in [0.4, 0.5) is 10.8 Å². The lowest BCUT2D eigenvalue weighted by Crippen LogP contribution is -2.47. The van der Waals surface area contributed by atoms with Crippen molar-refractivity contribution in [2.24, 2.45) is 5.73 Å². The summed E-state index contributed by atoms with van der Waals surface area (Å²) in [5.74, 6) is 0. The van der Waals surface area contributed by atoms with E-state index in [0.717, 1.165) is 48.4 Å². The Morgan fingerprint density at radius 2 is 1.95 bits per heavy atom. The first-order valence-corrected chi connectivity index (χ1v) is 8.42. The molecule has 0 spiro atoms. The largest absolute Gasteiger partial charge is 0.367 e. The lowest BCUT2D eigenvalue weighted by molar-refractivity contribution is 0.649. The van der Waals surface area contributed by atoms with Gasteiger partial charge in [-0.3, -0.25) is 0 Å². The lowest BCUT2D eigenvalue weighted by atomic mass is 10.1. The molecule has 1 fully saturated rings. The molecule has 0 bridgehead atoms. The zero-order valence-electron chi connectivity index (χ0n) is 11.8. The van der Waals surface area contributed by atoms with Crippen LogP contribution in [0.25, 0.3) is 0 Å². The Hall–Kier alpha value is -1.30. The molecule has 2 heterocycles. The van der Waals surface area contributed by atoms with Crippen LogP contribution in [0.5, 0.6) is 0 Å². The minimum absolute atomic E-state index is 0.645. The standard InChI is InChI=1S/C15H19ClN4S/c16-13-3-1-2-12(4-5-17)14(13)19-7-9-20(10-8-19)15-18-6-11-21-15/h1-3,6,11H,4-5,7-10,17H2. The van der Waals surface area contributed by atoms with Crippen molar-refractivity contribution in [1.29, 1.82) is 0 Å². The van der Waals surface area contributed by atoms with Crippen LogP contribution in [0.3, 0.4) is 0 Å². The van der Waals surface area contributed by atoms with Crippen LogP contribution in [0, 0.1) is 0 Å². The average molecular weight is 323 g/mol. The molecule has 1 aromatic heterocycles. The van der Waals surface area contributed by atoms with Crippen LogP contribution in [0.1, 0.15) is 5.56 Å². The summed E-state index contributed by atoms with van der Waals surface area (Å²) in [5, 5.41) is 3.95. The van der Waals surface area contributed by atoms with Gasteiger partial charge in [-0.1, -0.05) is 23.7 Å². The fraction of sp³-hybridized carbons (Fsp3) is 0.400. The number of anilines is 2. The Kier molecular flexibility index (Phi) is 4.63. The van der Waals surface area contributed by atoms with E-state index in [1.807, 2.05) is 23.7 Å². The van der Waals surface area contributed by atoms with Gasteiger partial charge >= 0.3 is 0 Å². The number of piperazine rings is 1. The summed E-state index contributed by atoms with van der Waals surface area (Å²) in [5.41, 5.74) is 8.12. The van der Waals surface area contributed by atoms with Crippen molar-refractivity contribution in [3.8, 4) is 0 Å². The molecule has 21 heavy (non-hydrogen) atoms. The molecule has 4 nitrogen and oxygen atoms in total. The van der Waals surface area contributed by atoms with E-state index in [0.29, 0.717) is 6.54 Å². The zero-order valence-corrected chi connectivity index (χ0v) is 13.4. The number of hydrogen-bond acceptors (Lipinski definition) is 5. The molecule has 112 valence electrons. The van der Waals surface area contributed by atoms with Gasteiger partial charge in [0.25, 0.3) is 0 Å². The third-order valence-electron chi connectivity index (χ3n) is 3.77. The average Bonchev–Trinajstić information content (AvgIpc) is 3.02. The molecule has 0 radical (unpaired) electrons. The zero-order chi connectivity index (χ0) is 14.7. The van der Waals surface area contributed by atoms with Gasteiger partial charge in [-0.15, -0.1) is 11.3 Å². The summed E-state index contributed by atoms with van der Waals surface area (Å²) in [6.45, 7) is 4.51. The van der Waals surface area contributed by atoms with Gasteiger partial charge in [-0.2, -0.15) is 0 Å². The predicted octanol–water partition coefficient (Wildman–Crippen LogP) is 2.62. The number of halogens is 1. The summed E-state index contributed by atoms with van der Waals surface area (Å²) in [6.07, 6.45) is 2.72. The van der Waals surface area contributed by atoms with Crippen LogP contribution in [-0.4, -0.2) is 37.7 Å². The van der Waals surface area contributed by atoms with Gasteiger partial charge in [0.05, 0.1) is 10.7 Å². The molecule has 1 aliphatic heterocycles. The van der Waals surface area contributed by atoms with E-state index in [-0.39, 0.29) is 0 Å². The van der Waals surface area contributed by atoms with E-state index >= 15 is 0 Å². The first-order chi connectivity index (χ1) is 10.3. The Morgan fingerprint density at radius 3 is 2.62 bits per heavy atom. The van der Waals surface area contributed by atoms with Crippen LogP contribution >= 0.6 is 22.9 Å². The molecule has 2 N–H and O–H groups in total. The Balaban J connectivity index is 1.75. The topological polar surface area (TPSA) is 45.4 Å². The minimum Gasteiger partial charge on any atom is -0.367 e. The number of para-hydroxylation sites is 1. The maximum atomic E-state index is 6.43. The van der Waals surface area contributed by atoms with Gasteiger partial charge < -0.3 is 15.5 Å². The van der Waals surface area contributed by atoms with Gasteiger partial charge in [0.15, 0.2) is 5.13 Å². The van der Waals surface area contributed by atoms with Gasteiger partial charge in [0.2, 0.25) is 0 Å². The van der Waals surface area contributed by atoms with Crippen molar-refractivity contribution in [2.45, 2.75) is 6.42 Å². The second-order valence-electron chi connectivity index (χ2n) is 5.08. The predicted molar refractivity (Wildman–Crippen MR) is 90.8 cm³/mol. The van der Waals surface area contributed by atoms with Crippen molar-refractivity contribution < 1.29 is 0 Å². The molecular formula is C15H19ClN4S. The highest BCUT2D eigenvalue weighted by atomic mass is 35.5. The normalized spacial score (nSPS) is 15.5. The summed E-state index contributed by atoms with van der Waals surface area (Å²) in [6, 6.07) is 6.09. The van der Waals surface area contributed by atoms with E-state index in [1.165, 1.54) is 5.56 Å². The molecule has 2 aromatic rings. The van der Waals surface area contributed by atoms with Crippen molar-refractivity contribution in [3.63, 3.8) is 0 Å². The van der Waals surface area contributed by atoms with Gasteiger partial charge in [-0.05, 0) is 24.6 Å². The molecule has 0 amide bonds. The molecule has 0 unspecified atom stereocenters. The highest BCUT2D eigenvalue weighted by molar-refractivity contribution is 7.13. The maximum absolute atomic E-state index is 6.43.